The van der Waals surface area contributed by atoms with Crippen molar-refractivity contribution < 1.29 is 33.2 Å². The first-order valence-electron chi connectivity index (χ1n) is 14.2. The Labute approximate surface area is 283 Å². The number of rotatable bonds is 12. The van der Waals surface area contributed by atoms with E-state index in [9.17, 15) is 28.8 Å². The van der Waals surface area contributed by atoms with E-state index in [4.69, 9.17) is 4.42 Å². The lowest BCUT2D eigenvalue weighted by Crippen LogP contribution is -2.07. The van der Waals surface area contributed by atoms with Crippen molar-refractivity contribution in [2.24, 2.45) is 0 Å². The average molecular weight is 681 g/mol. The molecule has 0 unspecified atom stereocenters. The summed E-state index contributed by atoms with van der Waals surface area (Å²) >= 11 is 4.11. The Morgan fingerprint density at radius 1 is 0.404 bits per heavy atom. The van der Waals surface area contributed by atoms with Gasteiger partial charge in [0.15, 0.2) is 34.7 Å². The standard InChI is InChI=1S/C13H10O3.C13H10O2S.C11H8O2S2/c2*14-11(10-5-2-1-3-6-10)9-12(15)13-7-4-8-16-13;12-8(10-3-1-5-14-10)7-9(13)11-4-2-6-15-11/h2*1-8H,9H2;1-6H,7H2. The third kappa shape index (κ3) is 11.0. The van der Waals surface area contributed by atoms with Crippen LogP contribution >= 0.6 is 34.0 Å². The van der Waals surface area contributed by atoms with Gasteiger partial charge in [-0.1, -0.05) is 78.9 Å². The molecule has 6 rings (SSSR count). The normalized spacial score (nSPS) is 10.0. The molecule has 4 aromatic heterocycles. The number of furan rings is 1. The summed E-state index contributed by atoms with van der Waals surface area (Å²) in [7, 11) is 0. The van der Waals surface area contributed by atoms with Gasteiger partial charge in [-0.3, -0.25) is 28.8 Å². The number of thiophene rings is 3. The Morgan fingerprint density at radius 2 is 0.787 bits per heavy atom. The van der Waals surface area contributed by atoms with Crippen LogP contribution in [0.25, 0.3) is 0 Å². The van der Waals surface area contributed by atoms with E-state index in [2.05, 4.69) is 0 Å². The Bertz CT molecular complexity index is 1730. The lowest BCUT2D eigenvalue weighted by atomic mass is 10.1. The smallest absolute Gasteiger partial charge is 0.205 e. The van der Waals surface area contributed by atoms with Crippen LogP contribution < -0.4 is 0 Å². The highest BCUT2D eigenvalue weighted by atomic mass is 32.1. The van der Waals surface area contributed by atoms with Crippen LogP contribution in [-0.2, 0) is 0 Å². The molecule has 0 atom stereocenters. The summed E-state index contributed by atoms with van der Waals surface area (Å²) in [6.07, 6.45) is 1.18. The maximum Gasteiger partial charge on any atom is 0.205 e. The van der Waals surface area contributed by atoms with E-state index in [-0.39, 0.29) is 59.7 Å². The molecule has 0 saturated carbocycles. The molecule has 0 spiro atoms. The largest absolute Gasteiger partial charge is 0.461 e. The quantitative estimate of drug-likeness (QED) is 0.0935. The van der Waals surface area contributed by atoms with Crippen molar-refractivity contribution in [3.63, 3.8) is 0 Å². The van der Waals surface area contributed by atoms with Crippen molar-refractivity contribution in [2.75, 3.05) is 0 Å². The number of ketones is 6. The molecule has 0 bridgehead atoms. The second-order valence-corrected chi connectivity index (χ2v) is 12.6. The number of benzene rings is 2. The van der Waals surface area contributed by atoms with Crippen molar-refractivity contribution in [2.45, 2.75) is 19.3 Å². The molecule has 0 N–H and O–H groups in total. The summed E-state index contributed by atoms with van der Waals surface area (Å²) < 4.78 is 4.93. The zero-order valence-electron chi connectivity index (χ0n) is 24.9. The van der Waals surface area contributed by atoms with Crippen molar-refractivity contribution in [3.05, 3.63) is 163 Å². The molecule has 4 heterocycles. The molecule has 0 amide bonds. The summed E-state index contributed by atoms with van der Waals surface area (Å²) in [6, 6.07) is 31.5. The highest BCUT2D eigenvalue weighted by Crippen LogP contribution is 2.17. The minimum atomic E-state index is -0.293. The van der Waals surface area contributed by atoms with Gasteiger partial charge in [-0.05, 0) is 46.5 Å². The van der Waals surface area contributed by atoms with Crippen LogP contribution in [0.4, 0.5) is 0 Å². The van der Waals surface area contributed by atoms with Gasteiger partial charge in [0.25, 0.3) is 0 Å². The summed E-state index contributed by atoms with van der Waals surface area (Å²) in [5.74, 6) is -0.681. The van der Waals surface area contributed by atoms with Gasteiger partial charge in [0.05, 0.1) is 40.2 Å². The van der Waals surface area contributed by atoms with Crippen molar-refractivity contribution >= 4 is 68.7 Å². The van der Waals surface area contributed by atoms with E-state index >= 15 is 0 Å². The van der Waals surface area contributed by atoms with Gasteiger partial charge in [-0.25, -0.2) is 0 Å². The second-order valence-electron chi connectivity index (χ2n) is 9.71. The van der Waals surface area contributed by atoms with Crippen LogP contribution in [0.2, 0.25) is 0 Å². The van der Waals surface area contributed by atoms with Crippen LogP contribution in [0.5, 0.6) is 0 Å². The molecule has 47 heavy (non-hydrogen) atoms. The monoisotopic (exact) mass is 680 g/mol. The fourth-order valence-electron chi connectivity index (χ4n) is 3.99. The summed E-state index contributed by atoms with van der Waals surface area (Å²) in [6.45, 7) is 0. The van der Waals surface area contributed by atoms with Crippen molar-refractivity contribution in [1.82, 2.24) is 0 Å². The molecule has 10 heteroatoms. The maximum atomic E-state index is 11.7. The lowest BCUT2D eigenvalue weighted by molar-refractivity contribution is 0.0867. The lowest BCUT2D eigenvalue weighted by Gasteiger charge is -1.98. The number of carbonyl (C=O) groups excluding carboxylic acids is 6. The minimum absolute atomic E-state index is 0.0268. The first-order valence-corrected chi connectivity index (χ1v) is 16.9. The Kier molecular flexibility index (Phi) is 13.4. The van der Waals surface area contributed by atoms with E-state index in [0.717, 1.165) is 0 Å². The molecule has 236 valence electrons. The van der Waals surface area contributed by atoms with E-state index in [1.165, 1.54) is 40.3 Å². The molecule has 0 aliphatic rings. The number of carbonyl (C=O) groups is 6. The third-order valence-corrected chi connectivity index (χ3v) is 9.07. The predicted octanol–water partition coefficient (Wildman–Crippen LogP) is 9.20. The van der Waals surface area contributed by atoms with E-state index in [0.29, 0.717) is 25.8 Å². The fraction of sp³-hybridized carbons (Fsp3) is 0.0811. The second kappa shape index (κ2) is 18.1. The Balaban J connectivity index is 0.000000160. The molecule has 0 fully saturated rings. The Morgan fingerprint density at radius 3 is 1.13 bits per heavy atom. The van der Waals surface area contributed by atoms with Gasteiger partial charge in [-0.2, -0.15) is 0 Å². The molecule has 2 aromatic carbocycles. The van der Waals surface area contributed by atoms with Gasteiger partial charge in [0.1, 0.15) is 0 Å². The van der Waals surface area contributed by atoms with Gasteiger partial charge < -0.3 is 4.42 Å². The van der Waals surface area contributed by atoms with Crippen molar-refractivity contribution in [1.29, 1.82) is 0 Å². The molecule has 6 aromatic rings. The van der Waals surface area contributed by atoms with E-state index < -0.39 is 0 Å². The van der Waals surface area contributed by atoms with Crippen LogP contribution in [0.15, 0.2) is 136 Å². The zero-order chi connectivity index (χ0) is 33.4. The molecule has 0 aliphatic carbocycles. The molecular formula is C37H28O7S3. The number of hydrogen-bond donors (Lipinski definition) is 0. The first kappa shape index (κ1) is 34.7. The summed E-state index contributed by atoms with van der Waals surface area (Å²) in [4.78, 5) is 71.8. The van der Waals surface area contributed by atoms with E-state index in [1.807, 2.05) is 46.5 Å². The van der Waals surface area contributed by atoms with Gasteiger partial charge in [0.2, 0.25) is 5.78 Å². The topological polar surface area (TPSA) is 116 Å². The molecule has 0 saturated heterocycles. The van der Waals surface area contributed by atoms with Gasteiger partial charge in [-0.15, -0.1) is 34.0 Å². The highest BCUT2D eigenvalue weighted by molar-refractivity contribution is 7.13. The first-order chi connectivity index (χ1) is 22.8. The Hall–Kier alpha value is -5.16. The summed E-state index contributed by atoms with van der Waals surface area (Å²) in [5, 5.41) is 5.51. The zero-order valence-corrected chi connectivity index (χ0v) is 27.4. The average Bonchev–Trinajstić information content (AvgIpc) is 3.94. The summed E-state index contributed by atoms with van der Waals surface area (Å²) in [5.41, 5.74) is 1.13. The molecular weight excluding hydrogens is 653 g/mol. The third-order valence-electron chi connectivity index (χ3n) is 6.34. The fourth-order valence-corrected chi connectivity index (χ4v) is 5.98. The van der Waals surface area contributed by atoms with Crippen LogP contribution in [-0.4, -0.2) is 34.7 Å². The minimum Gasteiger partial charge on any atom is -0.461 e. The molecule has 7 nitrogen and oxygen atoms in total. The number of hydrogen-bond acceptors (Lipinski definition) is 10. The predicted molar refractivity (Wildman–Crippen MR) is 184 cm³/mol. The van der Waals surface area contributed by atoms with Crippen LogP contribution in [0.1, 0.15) is 79.5 Å². The molecule has 0 aliphatic heterocycles. The number of Topliss-reactive ketones (excluding diaryl/α,β-unsaturated/α-hetero) is 6. The van der Waals surface area contributed by atoms with Crippen molar-refractivity contribution in [3.8, 4) is 0 Å². The van der Waals surface area contributed by atoms with Crippen LogP contribution in [0, 0.1) is 0 Å². The van der Waals surface area contributed by atoms with Crippen LogP contribution in [0.3, 0.4) is 0 Å². The van der Waals surface area contributed by atoms with E-state index in [1.54, 1.807) is 78.9 Å². The maximum absolute atomic E-state index is 11.7. The molecule has 0 radical (unpaired) electrons. The highest BCUT2D eigenvalue weighted by Gasteiger charge is 2.16. The SMILES string of the molecule is O=C(CC(=O)c1ccco1)c1ccccc1.O=C(CC(=O)c1cccs1)c1ccccc1.O=C(CC(=O)c1cccs1)c1cccs1. The van der Waals surface area contributed by atoms with Gasteiger partial charge >= 0.3 is 0 Å². The van der Waals surface area contributed by atoms with Gasteiger partial charge in [0, 0.05) is 11.1 Å².